The van der Waals surface area contributed by atoms with Crippen molar-refractivity contribution in [3.63, 3.8) is 0 Å². The molecule has 1 amide bonds. The number of nitrogens with one attached hydrogen (secondary N) is 1. The highest BCUT2D eigenvalue weighted by atomic mass is 35.6. The summed E-state index contributed by atoms with van der Waals surface area (Å²) in [6.07, 6.45) is 1.40. The van der Waals surface area contributed by atoms with Crippen LogP contribution in [-0.2, 0) is 4.79 Å². The second-order valence-corrected chi connectivity index (χ2v) is 7.12. The average molecular weight is 388 g/mol. The van der Waals surface area contributed by atoms with Gasteiger partial charge in [-0.15, -0.1) is 0 Å². The molecule has 0 unspecified atom stereocenters. The molecule has 112 valence electrons. The van der Waals surface area contributed by atoms with Crippen LogP contribution in [0.25, 0.3) is 5.82 Å². The van der Waals surface area contributed by atoms with Gasteiger partial charge in [-0.05, 0) is 13.0 Å². The monoisotopic (exact) mass is 386 g/mol. The van der Waals surface area contributed by atoms with Crippen molar-refractivity contribution < 1.29 is 4.79 Å². The molecule has 0 fully saturated rings. The first-order valence-corrected chi connectivity index (χ1v) is 7.33. The van der Waals surface area contributed by atoms with Gasteiger partial charge in [0, 0.05) is 12.3 Å². The van der Waals surface area contributed by atoms with Crippen LogP contribution < -0.4 is 5.32 Å². The number of carbonyl (C=O) groups is 1. The summed E-state index contributed by atoms with van der Waals surface area (Å²) < 4.78 is -0.775. The maximum atomic E-state index is 11.7. The maximum absolute atomic E-state index is 11.7. The molecule has 2 aromatic heterocycles. The van der Waals surface area contributed by atoms with Gasteiger partial charge in [-0.25, -0.2) is 4.98 Å². The van der Waals surface area contributed by atoms with Gasteiger partial charge < -0.3 is 5.32 Å². The molecule has 0 aliphatic carbocycles. The van der Waals surface area contributed by atoms with Crippen LogP contribution in [0.5, 0.6) is 0 Å². The van der Waals surface area contributed by atoms with Crippen molar-refractivity contribution in [2.45, 2.75) is 10.7 Å². The molecule has 0 atom stereocenters. The number of amides is 1. The van der Waals surface area contributed by atoms with E-state index in [0.29, 0.717) is 10.7 Å². The fraction of sp³-hybridized carbons (Fsp3) is 0.182. The number of pyridine rings is 1. The Kier molecular flexibility index (Phi) is 4.90. The maximum Gasteiger partial charge on any atom is 0.277 e. The highest BCUT2D eigenvalue weighted by molar-refractivity contribution is 6.76. The zero-order valence-corrected chi connectivity index (χ0v) is 14.2. The summed E-state index contributed by atoms with van der Waals surface area (Å²) in [4.78, 5) is 15.8. The van der Waals surface area contributed by atoms with Crippen LogP contribution in [0.2, 0.25) is 10.0 Å². The molecular formula is C11H7Cl5N4O. The van der Waals surface area contributed by atoms with Gasteiger partial charge in [0.2, 0.25) is 0 Å². The molecule has 2 rings (SSSR count). The molecule has 0 saturated heterocycles. The molecule has 0 radical (unpaired) electrons. The quantitative estimate of drug-likeness (QED) is 0.785. The first-order chi connectivity index (χ1) is 9.68. The van der Waals surface area contributed by atoms with Crippen molar-refractivity contribution in [1.82, 2.24) is 14.8 Å². The molecule has 0 aromatic carbocycles. The van der Waals surface area contributed by atoms with E-state index in [2.05, 4.69) is 15.4 Å². The third kappa shape index (κ3) is 3.93. The Labute approximate surface area is 145 Å². The van der Waals surface area contributed by atoms with Gasteiger partial charge in [-0.3, -0.25) is 4.79 Å². The topological polar surface area (TPSA) is 59.8 Å². The van der Waals surface area contributed by atoms with Crippen molar-refractivity contribution in [3.8, 4) is 5.82 Å². The van der Waals surface area contributed by atoms with Crippen LogP contribution in [0, 0.1) is 6.92 Å². The van der Waals surface area contributed by atoms with Crippen LogP contribution in [-0.4, -0.2) is 24.5 Å². The van der Waals surface area contributed by atoms with Gasteiger partial charge in [0.15, 0.2) is 5.82 Å². The summed E-state index contributed by atoms with van der Waals surface area (Å²) in [5, 5.41) is 7.27. The number of rotatable bonds is 2. The second-order valence-electron chi connectivity index (χ2n) is 3.99. The summed E-state index contributed by atoms with van der Waals surface area (Å²) in [6.45, 7) is 1.73. The van der Waals surface area contributed by atoms with Crippen LogP contribution in [0.15, 0.2) is 18.3 Å². The van der Waals surface area contributed by atoms with E-state index in [1.54, 1.807) is 13.0 Å². The number of aryl methyl sites for hydroxylation is 1. The van der Waals surface area contributed by atoms with Crippen LogP contribution in [0.4, 0.5) is 5.82 Å². The molecule has 0 aliphatic heterocycles. The molecule has 10 heteroatoms. The normalized spacial score (nSPS) is 11.5. The predicted octanol–water partition coefficient (Wildman–Crippen LogP) is 4.19. The van der Waals surface area contributed by atoms with Gasteiger partial charge in [-0.1, -0.05) is 58.0 Å². The molecule has 21 heavy (non-hydrogen) atoms. The number of halogens is 5. The van der Waals surface area contributed by atoms with E-state index in [0.717, 1.165) is 0 Å². The van der Waals surface area contributed by atoms with Crippen molar-refractivity contribution in [2.24, 2.45) is 0 Å². The summed E-state index contributed by atoms with van der Waals surface area (Å²) in [5.41, 5.74) is 0.613. The molecule has 2 heterocycles. The first kappa shape index (κ1) is 16.6. The minimum Gasteiger partial charge on any atom is -0.307 e. The Bertz CT molecular complexity index is 694. The van der Waals surface area contributed by atoms with Crippen molar-refractivity contribution in [2.75, 3.05) is 5.32 Å². The molecule has 2 aromatic rings. The summed E-state index contributed by atoms with van der Waals surface area (Å²) in [6, 6.07) is 3.09. The SMILES string of the molecule is Cc1cc(NC(=O)C(Cl)(Cl)Cl)n(-c2ncc(Cl)cc2Cl)n1. The molecule has 1 N–H and O–H groups in total. The van der Waals surface area contributed by atoms with Crippen molar-refractivity contribution in [3.05, 3.63) is 34.1 Å². The Morgan fingerprint density at radius 1 is 1.29 bits per heavy atom. The fourth-order valence-corrected chi connectivity index (χ4v) is 2.10. The summed E-state index contributed by atoms with van der Waals surface area (Å²) in [7, 11) is 0. The van der Waals surface area contributed by atoms with Crippen LogP contribution in [0.3, 0.4) is 0 Å². The first-order valence-electron chi connectivity index (χ1n) is 5.45. The molecule has 0 saturated carbocycles. The van der Waals surface area contributed by atoms with Crippen molar-refractivity contribution >= 4 is 69.7 Å². The fourth-order valence-electron chi connectivity index (χ4n) is 1.50. The van der Waals surface area contributed by atoms with Crippen molar-refractivity contribution in [1.29, 1.82) is 0 Å². The zero-order valence-electron chi connectivity index (χ0n) is 10.4. The number of alkyl halides is 3. The Morgan fingerprint density at radius 2 is 1.95 bits per heavy atom. The van der Waals surface area contributed by atoms with E-state index in [1.165, 1.54) is 16.9 Å². The molecule has 0 spiro atoms. The largest absolute Gasteiger partial charge is 0.307 e. The third-order valence-corrected chi connectivity index (χ3v) is 3.32. The van der Waals surface area contributed by atoms with E-state index in [9.17, 15) is 4.79 Å². The number of carbonyl (C=O) groups excluding carboxylic acids is 1. The van der Waals surface area contributed by atoms with E-state index in [1.807, 2.05) is 0 Å². The van der Waals surface area contributed by atoms with E-state index in [4.69, 9.17) is 58.0 Å². The lowest BCUT2D eigenvalue weighted by Gasteiger charge is -2.13. The Morgan fingerprint density at radius 3 is 2.52 bits per heavy atom. The average Bonchev–Trinajstić information content (AvgIpc) is 2.69. The Hall–Kier alpha value is -0.720. The standard InChI is InChI=1S/C11H7Cl5N4O/c1-5-2-8(18-10(21)11(14,15)16)20(19-5)9-7(13)3-6(12)4-17-9/h2-4H,1H3,(H,18,21). The van der Waals surface area contributed by atoms with Crippen LogP contribution >= 0.6 is 58.0 Å². The highest BCUT2D eigenvalue weighted by Crippen LogP contribution is 2.29. The van der Waals surface area contributed by atoms with Gasteiger partial charge >= 0.3 is 0 Å². The lowest BCUT2D eigenvalue weighted by Crippen LogP contribution is -2.28. The van der Waals surface area contributed by atoms with E-state index >= 15 is 0 Å². The highest BCUT2D eigenvalue weighted by Gasteiger charge is 2.31. The van der Waals surface area contributed by atoms with Gasteiger partial charge in [-0.2, -0.15) is 9.78 Å². The van der Waals surface area contributed by atoms with Gasteiger partial charge in [0.05, 0.1) is 15.7 Å². The minimum absolute atomic E-state index is 0.259. The number of nitrogens with zero attached hydrogens (tertiary/aromatic N) is 3. The van der Waals surface area contributed by atoms with Crippen LogP contribution in [0.1, 0.15) is 5.69 Å². The van der Waals surface area contributed by atoms with E-state index in [-0.39, 0.29) is 16.7 Å². The number of aromatic nitrogens is 3. The number of hydrogen-bond donors (Lipinski definition) is 1. The minimum atomic E-state index is -2.10. The zero-order chi connectivity index (χ0) is 15.8. The third-order valence-electron chi connectivity index (χ3n) is 2.32. The molecular weight excluding hydrogens is 381 g/mol. The smallest absolute Gasteiger partial charge is 0.277 e. The Balaban J connectivity index is 2.44. The lowest BCUT2D eigenvalue weighted by molar-refractivity contribution is -0.115. The summed E-state index contributed by atoms with van der Waals surface area (Å²) >= 11 is 28.4. The molecule has 0 aliphatic rings. The molecule has 0 bridgehead atoms. The predicted molar refractivity (Wildman–Crippen MR) is 85.0 cm³/mol. The number of hydrogen-bond acceptors (Lipinski definition) is 3. The molecule has 5 nitrogen and oxygen atoms in total. The number of anilines is 1. The van der Waals surface area contributed by atoms with E-state index < -0.39 is 9.70 Å². The van der Waals surface area contributed by atoms with Gasteiger partial charge in [0.25, 0.3) is 9.70 Å². The lowest BCUT2D eigenvalue weighted by atomic mass is 10.4. The summed E-state index contributed by atoms with van der Waals surface area (Å²) in [5.74, 6) is -0.270. The second kappa shape index (κ2) is 6.18. The van der Waals surface area contributed by atoms with Gasteiger partial charge in [0.1, 0.15) is 5.82 Å².